The van der Waals surface area contributed by atoms with Gasteiger partial charge < -0.3 is 5.11 Å². The van der Waals surface area contributed by atoms with Gasteiger partial charge in [-0.1, -0.05) is 6.92 Å². The summed E-state index contributed by atoms with van der Waals surface area (Å²) in [6.45, 7) is 1.73. The normalized spacial score (nSPS) is 10.6. The number of carbonyl (C=O) groups is 2. The van der Waals surface area contributed by atoms with Gasteiger partial charge in [0.15, 0.2) is 0 Å². The number of isothiocyanates is 1. The number of Topliss-reactive ketones (excluding diaryl/α,β-unsaturated/α-hetero) is 1. The Bertz CT molecular complexity index is 251. The Morgan fingerprint density at radius 1 is 1.57 bits per heavy atom. The summed E-state index contributed by atoms with van der Waals surface area (Å²) in [6.07, 6.45) is 0.372. The molecule has 0 fully saturated rings. The number of aliphatic carboxylic acids is 1. The molecule has 0 heterocycles. The minimum absolute atomic E-state index is 0. The molecule has 1 radical (unpaired) electrons. The van der Waals surface area contributed by atoms with Crippen LogP contribution in [0.5, 0.6) is 0 Å². The largest absolute Gasteiger partial charge is 0.481 e. The average molecular weight is 290 g/mol. The monoisotopic (exact) mass is 290 g/mol. The Balaban J connectivity index is 0. The summed E-state index contributed by atoms with van der Waals surface area (Å²) in [7, 11) is 0. The number of ketones is 1. The second kappa shape index (κ2) is 9.59. The molecule has 0 rings (SSSR count). The fraction of sp³-hybridized carbons (Fsp3) is 0.625. The minimum Gasteiger partial charge on any atom is -0.481 e. The van der Waals surface area contributed by atoms with Crippen LogP contribution in [-0.2, 0) is 42.3 Å². The Kier molecular flexibility index (Phi) is 11.3. The van der Waals surface area contributed by atoms with Gasteiger partial charge in [0.2, 0.25) is 0 Å². The summed E-state index contributed by atoms with van der Waals surface area (Å²) in [4.78, 5) is 25.0. The van der Waals surface area contributed by atoms with Gasteiger partial charge >= 0.3 is 5.97 Å². The molecule has 1 atom stereocenters. The van der Waals surface area contributed by atoms with E-state index in [1.165, 1.54) is 0 Å². The van der Waals surface area contributed by atoms with E-state index in [1.807, 2.05) is 0 Å². The third-order valence-corrected chi connectivity index (χ3v) is 1.72. The van der Waals surface area contributed by atoms with Crippen LogP contribution >= 0.6 is 12.2 Å². The van der Waals surface area contributed by atoms with Crippen LogP contribution in [-0.4, -0.2) is 28.6 Å². The van der Waals surface area contributed by atoms with E-state index in [4.69, 9.17) is 5.11 Å². The summed E-state index contributed by atoms with van der Waals surface area (Å²) >= 11 is 4.30. The van der Waals surface area contributed by atoms with Crippen LogP contribution in [0.2, 0.25) is 0 Å². The third kappa shape index (κ3) is 7.45. The van der Waals surface area contributed by atoms with Crippen LogP contribution in [0.25, 0.3) is 0 Å². The van der Waals surface area contributed by atoms with Gasteiger partial charge in [0.1, 0.15) is 5.78 Å². The Morgan fingerprint density at radius 2 is 2.14 bits per heavy atom. The average Bonchev–Trinajstić information content (AvgIpc) is 2.11. The maximum Gasteiger partial charge on any atom is 0.308 e. The van der Waals surface area contributed by atoms with E-state index in [2.05, 4.69) is 22.4 Å². The van der Waals surface area contributed by atoms with Crippen molar-refractivity contribution in [1.82, 2.24) is 0 Å². The molecule has 0 aromatic carbocycles. The standard InChI is InChI=1S/C8H11NO3S.Y/c1-2-7(10)3-6(8(11)12)4-9-5-13;/h6H,2-4H2,1H3,(H,11,12);. The fourth-order valence-corrected chi connectivity index (χ4v) is 0.871. The van der Waals surface area contributed by atoms with Crippen LogP contribution in [0.15, 0.2) is 4.99 Å². The van der Waals surface area contributed by atoms with Crippen molar-refractivity contribution in [2.24, 2.45) is 10.9 Å². The van der Waals surface area contributed by atoms with Crippen molar-refractivity contribution in [1.29, 1.82) is 0 Å². The molecule has 6 heteroatoms. The van der Waals surface area contributed by atoms with Gasteiger partial charge in [-0.25, -0.2) is 4.99 Å². The predicted molar refractivity (Wildman–Crippen MR) is 50.9 cm³/mol. The number of carbonyl (C=O) groups excluding carboxylic acids is 1. The molecule has 1 N–H and O–H groups in total. The molecule has 4 nitrogen and oxygen atoms in total. The first-order valence-corrected chi connectivity index (χ1v) is 4.30. The zero-order valence-electron chi connectivity index (χ0n) is 7.90. The van der Waals surface area contributed by atoms with Crippen molar-refractivity contribution >= 4 is 29.1 Å². The molecule has 0 spiro atoms. The molecule has 0 bridgehead atoms. The number of hydrogen-bond acceptors (Lipinski definition) is 4. The minimum atomic E-state index is -1.02. The van der Waals surface area contributed by atoms with Crippen molar-refractivity contribution in [3.63, 3.8) is 0 Å². The van der Waals surface area contributed by atoms with Gasteiger partial charge in [0.05, 0.1) is 17.6 Å². The summed E-state index contributed by atoms with van der Waals surface area (Å²) in [5.74, 6) is -1.86. The van der Waals surface area contributed by atoms with Crippen LogP contribution in [0.3, 0.4) is 0 Å². The Hall–Kier alpha value is 0.0439. The van der Waals surface area contributed by atoms with Gasteiger partial charge in [0, 0.05) is 45.6 Å². The molecule has 0 aliphatic rings. The molecule has 0 aliphatic carbocycles. The smallest absolute Gasteiger partial charge is 0.308 e. The maximum atomic E-state index is 10.9. The molecule has 75 valence electrons. The number of hydrogen-bond donors (Lipinski definition) is 1. The number of nitrogens with zero attached hydrogens (tertiary/aromatic N) is 1. The van der Waals surface area contributed by atoms with E-state index in [-0.39, 0.29) is 51.5 Å². The topological polar surface area (TPSA) is 66.7 Å². The third-order valence-electron chi connectivity index (χ3n) is 1.59. The van der Waals surface area contributed by atoms with Crippen molar-refractivity contribution in [2.75, 3.05) is 6.54 Å². The van der Waals surface area contributed by atoms with Crippen LogP contribution in [0.4, 0.5) is 0 Å². The van der Waals surface area contributed by atoms with E-state index in [9.17, 15) is 9.59 Å². The van der Waals surface area contributed by atoms with E-state index in [1.54, 1.807) is 6.92 Å². The Labute approximate surface area is 113 Å². The molecule has 0 aromatic heterocycles. The van der Waals surface area contributed by atoms with Gasteiger partial charge in [-0.3, -0.25) is 9.59 Å². The fourth-order valence-electron chi connectivity index (χ4n) is 0.797. The summed E-state index contributed by atoms with van der Waals surface area (Å²) in [5, 5.41) is 10.7. The number of carboxylic acids is 1. The van der Waals surface area contributed by atoms with Crippen molar-refractivity contribution in [3.8, 4) is 0 Å². The van der Waals surface area contributed by atoms with Gasteiger partial charge in [0.25, 0.3) is 0 Å². The first-order chi connectivity index (χ1) is 6.11. The quantitative estimate of drug-likeness (QED) is 0.589. The predicted octanol–water partition coefficient (Wildman–Crippen LogP) is 1.16. The van der Waals surface area contributed by atoms with Crippen molar-refractivity contribution in [3.05, 3.63) is 0 Å². The molecule has 0 amide bonds. The number of carboxylic acid groups (broad SMARTS) is 1. The molecule has 0 aliphatic heterocycles. The second-order valence-electron chi connectivity index (χ2n) is 2.56. The van der Waals surface area contributed by atoms with Crippen LogP contribution < -0.4 is 0 Å². The van der Waals surface area contributed by atoms with Crippen LogP contribution in [0.1, 0.15) is 19.8 Å². The number of rotatable bonds is 6. The zero-order chi connectivity index (χ0) is 10.3. The molecule has 14 heavy (non-hydrogen) atoms. The molecular formula is C8H11NO3SY. The van der Waals surface area contributed by atoms with Gasteiger partial charge in [-0.2, -0.15) is 0 Å². The van der Waals surface area contributed by atoms with E-state index in [0.29, 0.717) is 6.42 Å². The molecular weight excluding hydrogens is 279 g/mol. The first-order valence-electron chi connectivity index (χ1n) is 3.90. The second-order valence-corrected chi connectivity index (χ2v) is 2.75. The van der Waals surface area contributed by atoms with Crippen molar-refractivity contribution < 1.29 is 47.4 Å². The molecule has 0 saturated heterocycles. The number of aliphatic imine (C=N–C) groups is 1. The summed E-state index contributed by atoms with van der Waals surface area (Å²) in [5.41, 5.74) is 0. The summed E-state index contributed by atoms with van der Waals surface area (Å²) in [6, 6.07) is 0. The van der Waals surface area contributed by atoms with E-state index in [0.717, 1.165) is 0 Å². The van der Waals surface area contributed by atoms with Crippen LogP contribution in [0, 0.1) is 5.92 Å². The SMILES string of the molecule is CCC(=O)CC(CN=C=S)C(=O)O.[Y]. The van der Waals surface area contributed by atoms with Gasteiger partial charge in [-0.05, 0) is 12.2 Å². The van der Waals surface area contributed by atoms with E-state index < -0.39 is 11.9 Å². The molecule has 1 unspecified atom stereocenters. The molecule has 0 saturated carbocycles. The first kappa shape index (κ1) is 16.5. The van der Waals surface area contributed by atoms with Crippen molar-refractivity contribution in [2.45, 2.75) is 19.8 Å². The van der Waals surface area contributed by atoms with Gasteiger partial charge in [-0.15, -0.1) is 0 Å². The van der Waals surface area contributed by atoms with E-state index >= 15 is 0 Å². The maximum absolute atomic E-state index is 10.9. The zero-order valence-corrected chi connectivity index (χ0v) is 11.5. The Morgan fingerprint density at radius 3 is 2.50 bits per heavy atom. The molecule has 0 aromatic rings. The number of thiocarbonyl (C=S) groups is 1. The summed E-state index contributed by atoms with van der Waals surface area (Å²) < 4.78 is 0.